The van der Waals surface area contributed by atoms with Crippen LogP contribution in [-0.4, -0.2) is 12.5 Å². The van der Waals surface area contributed by atoms with Gasteiger partial charge in [-0.05, 0) is 0 Å². The predicted molar refractivity (Wildman–Crippen MR) is 27.5 cm³/mol. The molecular formula is C4H10N2O. The number of carbonyl (C=O) groups excluding carboxylic acids is 1. The maximum Gasteiger partial charge on any atom is 0.230 e. The molecule has 0 saturated carbocycles. The van der Waals surface area contributed by atoms with Crippen molar-refractivity contribution in [1.82, 2.24) is 10.9 Å². The van der Waals surface area contributed by atoms with Gasteiger partial charge in [0.2, 0.25) is 5.91 Å². The third kappa shape index (κ3) is 5.43. The van der Waals surface area contributed by atoms with E-state index < -0.39 is 0 Å². The van der Waals surface area contributed by atoms with Crippen molar-refractivity contribution in [3.8, 4) is 0 Å². The van der Waals surface area contributed by atoms with E-state index >= 15 is 0 Å². The molecule has 0 atom stereocenters. The number of carbonyl (C=O) groups is 1. The van der Waals surface area contributed by atoms with E-state index in [9.17, 15) is 4.79 Å². The second-order valence-electron chi connectivity index (χ2n) is 1.21. The van der Waals surface area contributed by atoms with Gasteiger partial charge in [-0.1, -0.05) is 6.92 Å². The van der Waals surface area contributed by atoms with Gasteiger partial charge in [0.1, 0.15) is 0 Å². The van der Waals surface area contributed by atoms with Gasteiger partial charge < -0.3 is 0 Å². The molecule has 0 aromatic heterocycles. The molecule has 42 valence electrons. The van der Waals surface area contributed by atoms with E-state index in [-0.39, 0.29) is 5.91 Å². The van der Waals surface area contributed by atoms with Crippen molar-refractivity contribution < 1.29 is 4.79 Å². The third-order valence-electron chi connectivity index (χ3n) is 0.441. The lowest BCUT2D eigenvalue weighted by Gasteiger charge is -1.96. The third-order valence-corrected chi connectivity index (χ3v) is 0.441. The van der Waals surface area contributed by atoms with Gasteiger partial charge in [-0.15, -0.1) is 0 Å². The van der Waals surface area contributed by atoms with Gasteiger partial charge in [0, 0.05) is 13.5 Å². The van der Waals surface area contributed by atoms with E-state index in [1.54, 1.807) is 0 Å². The predicted octanol–water partition coefficient (Wildman–Crippen LogP) is -0.353. The number of rotatable bonds is 2. The number of hydrazine groups is 1. The summed E-state index contributed by atoms with van der Waals surface area (Å²) in [5, 5.41) is 0. The van der Waals surface area contributed by atoms with Crippen LogP contribution in [0.5, 0.6) is 0 Å². The maximum absolute atomic E-state index is 10.0. The van der Waals surface area contributed by atoms with Crippen LogP contribution in [0.4, 0.5) is 0 Å². The molecule has 0 rings (SSSR count). The second kappa shape index (κ2) is 3.61. The summed E-state index contributed by atoms with van der Waals surface area (Å²) in [5.74, 6) is -0.0538. The molecule has 3 nitrogen and oxygen atoms in total. The monoisotopic (exact) mass is 102 g/mol. The zero-order valence-electron chi connectivity index (χ0n) is 4.62. The topological polar surface area (TPSA) is 41.1 Å². The van der Waals surface area contributed by atoms with Crippen LogP contribution in [0.1, 0.15) is 13.8 Å². The molecule has 0 radical (unpaired) electrons. The molecule has 7 heavy (non-hydrogen) atoms. The molecule has 0 aromatic rings. The molecule has 0 aromatic carbocycles. The van der Waals surface area contributed by atoms with Gasteiger partial charge in [0.15, 0.2) is 0 Å². The van der Waals surface area contributed by atoms with Gasteiger partial charge in [-0.3, -0.25) is 10.2 Å². The highest BCUT2D eigenvalue weighted by molar-refractivity contribution is 5.72. The number of amides is 1. The fraction of sp³-hybridized carbons (Fsp3) is 0.750. The van der Waals surface area contributed by atoms with Crippen LogP contribution in [-0.2, 0) is 4.79 Å². The summed E-state index contributed by atoms with van der Waals surface area (Å²) in [6.07, 6.45) is 0. The molecule has 0 bridgehead atoms. The second-order valence-corrected chi connectivity index (χ2v) is 1.21. The van der Waals surface area contributed by atoms with Crippen LogP contribution in [0, 0.1) is 0 Å². The van der Waals surface area contributed by atoms with Crippen LogP contribution >= 0.6 is 0 Å². The van der Waals surface area contributed by atoms with Crippen molar-refractivity contribution in [2.75, 3.05) is 6.54 Å². The molecule has 0 aliphatic heterocycles. The van der Waals surface area contributed by atoms with Crippen LogP contribution < -0.4 is 10.9 Å². The zero-order chi connectivity index (χ0) is 5.70. The highest BCUT2D eigenvalue weighted by Crippen LogP contribution is 1.50. The first-order chi connectivity index (χ1) is 3.27. The Hall–Kier alpha value is -0.570. The van der Waals surface area contributed by atoms with Crippen molar-refractivity contribution in [1.29, 1.82) is 0 Å². The summed E-state index contributed by atoms with van der Waals surface area (Å²) in [6.45, 7) is 4.14. The Morgan fingerprint density at radius 3 is 2.43 bits per heavy atom. The Kier molecular flexibility index (Phi) is 3.32. The summed E-state index contributed by atoms with van der Waals surface area (Å²) in [6, 6.07) is 0. The zero-order valence-corrected chi connectivity index (χ0v) is 4.62. The Morgan fingerprint density at radius 1 is 1.71 bits per heavy atom. The van der Waals surface area contributed by atoms with Gasteiger partial charge in [-0.2, -0.15) is 0 Å². The van der Waals surface area contributed by atoms with E-state index in [4.69, 9.17) is 0 Å². The molecular weight excluding hydrogens is 92.1 g/mol. The minimum Gasteiger partial charge on any atom is -0.292 e. The molecule has 1 amide bonds. The molecule has 2 N–H and O–H groups in total. The Labute approximate surface area is 43.1 Å². The standard InChI is InChI=1S/C4H10N2O/c1-3-5-6-4(2)7/h5H,3H2,1-2H3,(H,6,7). The first-order valence-electron chi connectivity index (χ1n) is 2.26. The van der Waals surface area contributed by atoms with Crippen molar-refractivity contribution in [3.05, 3.63) is 0 Å². The summed E-state index contributed by atoms with van der Waals surface area (Å²) in [7, 11) is 0. The summed E-state index contributed by atoms with van der Waals surface area (Å²) < 4.78 is 0. The largest absolute Gasteiger partial charge is 0.292 e. The molecule has 0 saturated heterocycles. The Balaban J connectivity index is 2.82. The van der Waals surface area contributed by atoms with Crippen LogP contribution in [0.3, 0.4) is 0 Å². The molecule has 0 heterocycles. The maximum atomic E-state index is 10.0. The average molecular weight is 102 g/mol. The average Bonchev–Trinajstić information content (AvgIpc) is 1.61. The van der Waals surface area contributed by atoms with E-state index in [2.05, 4.69) is 10.9 Å². The number of nitrogens with one attached hydrogen (secondary N) is 2. The summed E-state index contributed by atoms with van der Waals surface area (Å²) in [4.78, 5) is 10.0. The Morgan fingerprint density at radius 2 is 2.29 bits per heavy atom. The van der Waals surface area contributed by atoms with Gasteiger partial charge >= 0.3 is 0 Å². The SMILES string of the molecule is CCNNC(C)=O. The fourth-order valence-corrected chi connectivity index (χ4v) is 0.213. The van der Waals surface area contributed by atoms with Crippen molar-refractivity contribution in [3.63, 3.8) is 0 Å². The first kappa shape index (κ1) is 6.43. The molecule has 0 aliphatic carbocycles. The lowest BCUT2D eigenvalue weighted by Crippen LogP contribution is -2.35. The van der Waals surface area contributed by atoms with Gasteiger partial charge in [-0.25, -0.2) is 5.43 Å². The molecule has 3 heteroatoms. The van der Waals surface area contributed by atoms with Crippen molar-refractivity contribution >= 4 is 5.91 Å². The highest BCUT2D eigenvalue weighted by atomic mass is 16.2. The molecule has 0 unspecified atom stereocenters. The van der Waals surface area contributed by atoms with E-state index in [1.165, 1.54) is 6.92 Å². The van der Waals surface area contributed by atoms with E-state index in [0.717, 1.165) is 6.54 Å². The smallest absolute Gasteiger partial charge is 0.230 e. The molecule has 0 aliphatic rings. The van der Waals surface area contributed by atoms with Gasteiger partial charge in [0.05, 0.1) is 0 Å². The quantitative estimate of drug-likeness (QED) is 0.468. The van der Waals surface area contributed by atoms with Crippen LogP contribution in [0.2, 0.25) is 0 Å². The normalized spacial score (nSPS) is 8.29. The molecule has 0 fully saturated rings. The lowest BCUT2D eigenvalue weighted by atomic mass is 10.7. The van der Waals surface area contributed by atoms with Crippen LogP contribution in [0.25, 0.3) is 0 Å². The summed E-state index contributed by atoms with van der Waals surface area (Å²) in [5.41, 5.74) is 5.05. The molecule has 0 spiro atoms. The summed E-state index contributed by atoms with van der Waals surface area (Å²) >= 11 is 0. The van der Waals surface area contributed by atoms with E-state index in [1.807, 2.05) is 6.92 Å². The first-order valence-corrected chi connectivity index (χ1v) is 2.26. The van der Waals surface area contributed by atoms with Gasteiger partial charge in [0.25, 0.3) is 0 Å². The lowest BCUT2D eigenvalue weighted by molar-refractivity contribution is -0.119. The highest BCUT2D eigenvalue weighted by Gasteiger charge is 1.81. The number of hydrogen-bond donors (Lipinski definition) is 2. The minimum atomic E-state index is -0.0538. The Bertz CT molecular complexity index is 62.7. The van der Waals surface area contributed by atoms with E-state index in [0.29, 0.717) is 0 Å². The van der Waals surface area contributed by atoms with Crippen LogP contribution in [0.15, 0.2) is 0 Å². The van der Waals surface area contributed by atoms with Crippen molar-refractivity contribution in [2.45, 2.75) is 13.8 Å². The minimum absolute atomic E-state index is 0.0538. The number of hydrogen-bond acceptors (Lipinski definition) is 2. The van der Waals surface area contributed by atoms with Crippen molar-refractivity contribution in [2.24, 2.45) is 0 Å². The fourth-order valence-electron chi connectivity index (χ4n) is 0.213.